The molecule has 0 spiro atoms. The molecule has 0 aliphatic rings. The minimum Gasteiger partial charge on any atom is -0.451 e. The van der Waals surface area contributed by atoms with Crippen molar-refractivity contribution in [3.63, 3.8) is 0 Å². The number of nitrogens with two attached hydrogens (primary N) is 1. The molecular formula is C8H13N3O2. The molecule has 1 aromatic rings. The van der Waals surface area contributed by atoms with Crippen molar-refractivity contribution < 1.29 is 9.21 Å². The summed E-state index contributed by atoms with van der Waals surface area (Å²) in [5.41, 5.74) is 5.92. The monoisotopic (exact) mass is 183 g/mol. The summed E-state index contributed by atoms with van der Waals surface area (Å²) in [5, 5.41) is 2.72. The molecule has 0 atom stereocenters. The van der Waals surface area contributed by atoms with Gasteiger partial charge in [-0.15, -0.1) is 0 Å². The lowest BCUT2D eigenvalue weighted by Gasteiger charge is -2.01. The number of nitrogens with one attached hydrogen (secondary N) is 1. The predicted molar refractivity (Wildman–Crippen MR) is 46.9 cm³/mol. The van der Waals surface area contributed by atoms with Gasteiger partial charge in [0.25, 0.3) is 0 Å². The number of nitrogens with zero attached hydrogens (tertiary/aromatic N) is 1. The topological polar surface area (TPSA) is 81.1 Å². The Morgan fingerprint density at radius 1 is 1.69 bits per heavy atom. The van der Waals surface area contributed by atoms with E-state index >= 15 is 0 Å². The van der Waals surface area contributed by atoms with Gasteiger partial charge in [0.2, 0.25) is 5.91 Å². The third-order valence-electron chi connectivity index (χ3n) is 1.53. The summed E-state index contributed by atoms with van der Waals surface area (Å²) in [5.74, 6) is -0.0534. The summed E-state index contributed by atoms with van der Waals surface area (Å²) >= 11 is 0. The van der Waals surface area contributed by atoms with E-state index < -0.39 is 0 Å². The second-order valence-electron chi connectivity index (χ2n) is 2.65. The number of rotatable bonds is 5. The quantitative estimate of drug-likeness (QED) is 0.613. The van der Waals surface area contributed by atoms with E-state index in [9.17, 15) is 4.79 Å². The molecule has 0 saturated carbocycles. The summed E-state index contributed by atoms with van der Waals surface area (Å²) in [6.07, 6.45) is 3.83. The van der Waals surface area contributed by atoms with Gasteiger partial charge in [-0.05, 0) is 13.0 Å². The van der Waals surface area contributed by atoms with Crippen LogP contribution in [0.1, 0.15) is 12.1 Å². The molecule has 0 fully saturated rings. The molecule has 72 valence electrons. The molecule has 0 aliphatic carbocycles. The van der Waals surface area contributed by atoms with Crippen molar-refractivity contribution in [2.45, 2.75) is 12.8 Å². The highest BCUT2D eigenvalue weighted by atomic mass is 16.3. The normalized spacial score (nSPS) is 9.92. The first-order chi connectivity index (χ1) is 6.33. The fourth-order valence-corrected chi connectivity index (χ4v) is 0.882. The number of carbonyl (C=O) groups excluding carboxylic acids is 1. The second-order valence-corrected chi connectivity index (χ2v) is 2.65. The zero-order valence-corrected chi connectivity index (χ0v) is 7.32. The maximum atomic E-state index is 11.2. The zero-order valence-electron chi connectivity index (χ0n) is 7.32. The van der Waals surface area contributed by atoms with Crippen LogP contribution < -0.4 is 11.1 Å². The van der Waals surface area contributed by atoms with Crippen LogP contribution in [0, 0.1) is 0 Å². The Balaban J connectivity index is 2.18. The van der Waals surface area contributed by atoms with Crippen molar-refractivity contribution in [1.82, 2.24) is 10.3 Å². The molecule has 1 rings (SSSR count). The standard InChI is InChI=1S/C8H13N3O2/c9-2-1-3-10-8(12)4-7-5-13-6-11-7/h5-6H,1-4,9H2,(H,10,12). The van der Waals surface area contributed by atoms with Gasteiger partial charge in [-0.3, -0.25) is 4.79 Å². The van der Waals surface area contributed by atoms with Crippen molar-refractivity contribution >= 4 is 5.91 Å². The lowest BCUT2D eigenvalue weighted by atomic mass is 10.3. The Hall–Kier alpha value is -1.36. The Kier molecular flexibility index (Phi) is 3.98. The maximum absolute atomic E-state index is 11.2. The van der Waals surface area contributed by atoms with Crippen LogP contribution in [0.25, 0.3) is 0 Å². The van der Waals surface area contributed by atoms with E-state index in [1.807, 2.05) is 0 Å². The van der Waals surface area contributed by atoms with Crippen molar-refractivity contribution in [3.05, 3.63) is 18.4 Å². The zero-order chi connectivity index (χ0) is 9.52. The number of aromatic nitrogens is 1. The van der Waals surface area contributed by atoms with E-state index in [4.69, 9.17) is 10.2 Å². The van der Waals surface area contributed by atoms with Crippen LogP contribution in [0.15, 0.2) is 17.1 Å². The van der Waals surface area contributed by atoms with E-state index in [0.29, 0.717) is 18.8 Å². The first kappa shape index (κ1) is 9.73. The SMILES string of the molecule is NCCCNC(=O)Cc1cocn1. The van der Waals surface area contributed by atoms with Gasteiger partial charge in [0.15, 0.2) is 6.39 Å². The maximum Gasteiger partial charge on any atom is 0.226 e. The molecule has 13 heavy (non-hydrogen) atoms. The number of hydrogen-bond acceptors (Lipinski definition) is 4. The van der Waals surface area contributed by atoms with Crippen LogP contribution >= 0.6 is 0 Å². The average molecular weight is 183 g/mol. The largest absolute Gasteiger partial charge is 0.451 e. The second kappa shape index (κ2) is 5.31. The lowest BCUT2D eigenvalue weighted by Crippen LogP contribution is -2.27. The lowest BCUT2D eigenvalue weighted by molar-refractivity contribution is -0.120. The van der Waals surface area contributed by atoms with Gasteiger partial charge in [-0.25, -0.2) is 4.98 Å². The van der Waals surface area contributed by atoms with Gasteiger partial charge in [0.1, 0.15) is 6.26 Å². The van der Waals surface area contributed by atoms with E-state index in [0.717, 1.165) is 6.42 Å². The molecule has 0 unspecified atom stereocenters. The molecule has 1 heterocycles. The van der Waals surface area contributed by atoms with Crippen molar-refractivity contribution in [2.24, 2.45) is 5.73 Å². The van der Waals surface area contributed by atoms with Crippen LogP contribution in [-0.2, 0) is 11.2 Å². The molecule has 5 nitrogen and oxygen atoms in total. The van der Waals surface area contributed by atoms with Gasteiger partial charge in [-0.1, -0.05) is 0 Å². The van der Waals surface area contributed by atoms with Gasteiger partial charge < -0.3 is 15.5 Å². The highest BCUT2D eigenvalue weighted by Gasteiger charge is 2.03. The van der Waals surface area contributed by atoms with Crippen LogP contribution in [0.2, 0.25) is 0 Å². The fourth-order valence-electron chi connectivity index (χ4n) is 0.882. The van der Waals surface area contributed by atoms with Gasteiger partial charge in [0, 0.05) is 6.54 Å². The van der Waals surface area contributed by atoms with Crippen LogP contribution in [0.4, 0.5) is 0 Å². The number of hydrogen-bond donors (Lipinski definition) is 2. The number of amides is 1. The first-order valence-electron chi connectivity index (χ1n) is 4.16. The van der Waals surface area contributed by atoms with E-state index in [-0.39, 0.29) is 12.3 Å². The number of carbonyl (C=O) groups is 1. The summed E-state index contributed by atoms with van der Waals surface area (Å²) < 4.78 is 4.73. The van der Waals surface area contributed by atoms with E-state index in [1.54, 1.807) is 0 Å². The predicted octanol–water partition coefficient (Wildman–Crippen LogP) is -0.318. The molecule has 0 bridgehead atoms. The molecule has 1 aromatic heterocycles. The molecule has 1 amide bonds. The third-order valence-corrected chi connectivity index (χ3v) is 1.53. The molecule has 0 aliphatic heterocycles. The summed E-state index contributed by atoms with van der Waals surface area (Å²) in [7, 11) is 0. The van der Waals surface area contributed by atoms with E-state index in [2.05, 4.69) is 10.3 Å². The first-order valence-corrected chi connectivity index (χ1v) is 4.16. The average Bonchev–Trinajstić information content (AvgIpc) is 2.57. The highest BCUT2D eigenvalue weighted by Crippen LogP contribution is 1.94. The molecule has 5 heteroatoms. The Labute approximate surface area is 76.3 Å². The van der Waals surface area contributed by atoms with Gasteiger partial charge >= 0.3 is 0 Å². The number of oxazole rings is 1. The molecule has 3 N–H and O–H groups in total. The summed E-state index contributed by atoms with van der Waals surface area (Å²) in [6, 6.07) is 0. The van der Waals surface area contributed by atoms with Gasteiger partial charge in [-0.2, -0.15) is 0 Å². The summed E-state index contributed by atoms with van der Waals surface area (Å²) in [4.78, 5) is 15.0. The molecular weight excluding hydrogens is 170 g/mol. The van der Waals surface area contributed by atoms with Crippen molar-refractivity contribution in [3.8, 4) is 0 Å². The fraction of sp³-hybridized carbons (Fsp3) is 0.500. The molecule has 0 radical (unpaired) electrons. The smallest absolute Gasteiger partial charge is 0.226 e. The highest BCUT2D eigenvalue weighted by molar-refractivity contribution is 5.77. The molecule has 0 aromatic carbocycles. The van der Waals surface area contributed by atoms with Crippen LogP contribution in [-0.4, -0.2) is 24.0 Å². The molecule has 0 saturated heterocycles. The van der Waals surface area contributed by atoms with Crippen molar-refractivity contribution in [1.29, 1.82) is 0 Å². The van der Waals surface area contributed by atoms with Gasteiger partial charge in [0.05, 0.1) is 12.1 Å². The summed E-state index contributed by atoms with van der Waals surface area (Å²) in [6.45, 7) is 1.21. The third kappa shape index (κ3) is 3.71. The van der Waals surface area contributed by atoms with E-state index in [1.165, 1.54) is 12.7 Å². The van der Waals surface area contributed by atoms with Crippen molar-refractivity contribution in [2.75, 3.05) is 13.1 Å². The van der Waals surface area contributed by atoms with Crippen LogP contribution in [0.5, 0.6) is 0 Å². The minimum atomic E-state index is -0.0534. The Morgan fingerprint density at radius 3 is 3.15 bits per heavy atom. The Morgan fingerprint density at radius 2 is 2.54 bits per heavy atom. The Bertz CT molecular complexity index is 246. The van der Waals surface area contributed by atoms with Crippen LogP contribution in [0.3, 0.4) is 0 Å². The minimum absolute atomic E-state index is 0.0534.